The summed E-state index contributed by atoms with van der Waals surface area (Å²) >= 11 is 0. The number of aryl methyl sites for hydroxylation is 1. The van der Waals surface area contributed by atoms with Crippen LogP contribution in [0.3, 0.4) is 0 Å². The summed E-state index contributed by atoms with van der Waals surface area (Å²) in [5.41, 5.74) is 0.0436. The van der Waals surface area contributed by atoms with Crippen molar-refractivity contribution in [3.05, 3.63) is 41.8 Å². The van der Waals surface area contributed by atoms with Crippen LogP contribution in [0.5, 0.6) is 0 Å². The Hall–Kier alpha value is -2.30. The normalized spacial score (nSPS) is 15.8. The van der Waals surface area contributed by atoms with Crippen molar-refractivity contribution in [1.82, 2.24) is 14.1 Å². The van der Waals surface area contributed by atoms with Crippen LogP contribution in [0, 0.1) is 5.82 Å². The predicted octanol–water partition coefficient (Wildman–Crippen LogP) is 1.32. The number of amides is 1. The number of nitrogens with one attached hydrogen (secondary N) is 1. The number of ether oxygens (including phenoxy) is 1. The Morgan fingerprint density at radius 1 is 1.31 bits per heavy atom. The first-order valence-electron chi connectivity index (χ1n) is 8.14. The smallest absolute Gasteiger partial charge is 0.256 e. The summed E-state index contributed by atoms with van der Waals surface area (Å²) in [5.74, 6) is -0.968. The summed E-state index contributed by atoms with van der Waals surface area (Å²) in [4.78, 5) is 11.9. The van der Waals surface area contributed by atoms with Crippen molar-refractivity contribution in [1.29, 1.82) is 0 Å². The second kappa shape index (κ2) is 7.52. The van der Waals surface area contributed by atoms with E-state index in [9.17, 15) is 17.6 Å². The van der Waals surface area contributed by atoms with E-state index in [0.717, 1.165) is 16.4 Å². The molecule has 1 aliphatic rings. The molecule has 1 saturated heterocycles. The van der Waals surface area contributed by atoms with Gasteiger partial charge in [0.05, 0.1) is 19.4 Å². The van der Waals surface area contributed by atoms with Gasteiger partial charge in [0.2, 0.25) is 10.0 Å². The molecule has 0 bridgehead atoms. The minimum atomic E-state index is -4.04. The highest BCUT2D eigenvalue weighted by atomic mass is 32.2. The molecule has 26 heavy (non-hydrogen) atoms. The Balaban J connectivity index is 1.88. The standard InChI is InChI=1S/C16H19FN4O4S/c1-2-21-15(5-6-18-21)19-16(22)12-3-4-13(17)14(11-12)26(23,24)20-7-9-25-10-8-20/h3-6,11H,2,7-10H2,1H3,(H,19,22). The number of hydrogen-bond acceptors (Lipinski definition) is 5. The Bertz CT molecular complexity index is 907. The van der Waals surface area contributed by atoms with Gasteiger partial charge in [0.1, 0.15) is 16.5 Å². The van der Waals surface area contributed by atoms with Crippen LogP contribution in [0.15, 0.2) is 35.4 Å². The fraction of sp³-hybridized carbons (Fsp3) is 0.375. The van der Waals surface area contributed by atoms with Crippen molar-refractivity contribution in [2.45, 2.75) is 18.4 Å². The largest absolute Gasteiger partial charge is 0.379 e. The van der Waals surface area contributed by atoms with E-state index in [4.69, 9.17) is 4.74 Å². The number of anilines is 1. The molecule has 140 valence electrons. The summed E-state index contributed by atoms with van der Waals surface area (Å²) in [6, 6.07) is 4.91. The molecule has 0 spiro atoms. The average Bonchev–Trinajstić information content (AvgIpc) is 3.09. The number of carbonyl (C=O) groups excluding carboxylic acids is 1. The number of morpholine rings is 1. The van der Waals surface area contributed by atoms with Gasteiger partial charge in [-0.25, -0.2) is 17.5 Å². The van der Waals surface area contributed by atoms with Gasteiger partial charge in [0.25, 0.3) is 5.91 Å². The monoisotopic (exact) mass is 382 g/mol. The maximum Gasteiger partial charge on any atom is 0.256 e. The highest BCUT2D eigenvalue weighted by Crippen LogP contribution is 2.22. The van der Waals surface area contributed by atoms with Crippen LogP contribution in [0.1, 0.15) is 17.3 Å². The van der Waals surface area contributed by atoms with Gasteiger partial charge in [0.15, 0.2) is 0 Å². The minimum absolute atomic E-state index is 0.0436. The topological polar surface area (TPSA) is 93.5 Å². The first-order chi connectivity index (χ1) is 12.4. The molecule has 1 fully saturated rings. The third kappa shape index (κ3) is 3.62. The van der Waals surface area contributed by atoms with Crippen LogP contribution in [0.25, 0.3) is 0 Å². The van der Waals surface area contributed by atoms with Crippen LogP contribution in [0.2, 0.25) is 0 Å². The molecule has 2 aromatic rings. The molecule has 3 rings (SSSR count). The van der Waals surface area contributed by atoms with E-state index in [1.165, 1.54) is 12.3 Å². The zero-order valence-electron chi connectivity index (χ0n) is 14.2. The molecule has 8 nitrogen and oxygen atoms in total. The lowest BCUT2D eigenvalue weighted by Crippen LogP contribution is -2.41. The summed E-state index contributed by atoms with van der Waals surface area (Å²) in [6.45, 7) is 3.22. The number of aromatic nitrogens is 2. The first kappa shape index (κ1) is 18.5. The van der Waals surface area contributed by atoms with E-state index in [-0.39, 0.29) is 31.9 Å². The summed E-state index contributed by atoms with van der Waals surface area (Å²) in [7, 11) is -4.04. The zero-order valence-corrected chi connectivity index (χ0v) is 15.0. The van der Waals surface area contributed by atoms with Crippen LogP contribution in [0.4, 0.5) is 10.2 Å². The lowest BCUT2D eigenvalue weighted by molar-refractivity contribution is 0.0729. The molecule has 1 amide bonds. The molecular formula is C16H19FN4O4S. The van der Waals surface area contributed by atoms with Crippen molar-refractivity contribution in [3.63, 3.8) is 0 Å². The van der Waals surface area contributed by atoms with E-state index < -0.39 is 26.6 Å². The number of carbonyl (C=O) groups is 1. The van der Waals surface area contributed by atoms with Crippen molar-refractivity contribution in [2.24, 2.45) is 0 Å². The van der Waals surface area contributed by atoms with Gasteiger partial charge in [-0.3, -0.25) is 4.79 Å². The first-order valence-corrected chi connectivity index (χ1v) is 9.58. The predicted molar refractivity (Wildman–Crippen MR) is 91.8 cm³/mol. The quantitative estimate of drug-likeness (QED) is 0.842. The summed E-state index contributed by atoms with van der Waals surface area (Å²) in [5, 5.41) is 6.69. The van der Waals surface area contributed by atoms with Gasteiger partial charge < -0.3 is 10.1 Å². The number of benzene rings is 1. The molecule has 1 aliphatic heterocycles. The number of rotatable bonds is 5. The Labute approximate surface area is 150 Å². The molecule has 1 aromatic carbocycles. The molecule has 10 heteroatoms. The zero-order chi connectivity index (χ0) is 18.7. The molecular weight excluding hydrogens is 363 g/mol. The number of halogens is 1. The maximum absolute atomic E-state index is 14.2. The lowest BCUT2D eigenvalue weighted by atomic mass is 10.2. The van der Waals surface area contributed by atoms with Crippen molar-refractivity contribution >= 4 is 21.7 Å². The Morgan fingerprint density at radius 2 is 2.04 bits per heavy atom. The van der Waals surface area contributed by atoms with Gasteiger partial charge in [-0.15, -0.1) is 0 Å². The minimum Gasteiger partial charge on any atom is -0.379 e. The summed E-state index contributed by atoms with van der Waals surface area (Å²) < 4.78 is 47.4. The SMILES string of the molecule is CCn1nccc1NC(=O)c1ccc(F)c(S(=O)(=O)N2CCOCC2)c1. The van der Waals surface area contributed by atoms with E-state index in [2.05, 4.69) is 10.4 Å². The van der Waals surface area contributed by atoms with E-state index in [0.29, 0.717) is 12.4 Å². The van der Waals surface area contributed by atoms with Gasteiger partial charge in [-0.1, -0.05) is 0 Å². The van der Waals surface area contributed by atoms with Crippen molar-refractivity contribution in [3.8, 4) is 0 Å². The van der Waals surface area contributed by atoms with Gasteiger partial charge in [-0.2, -0.15) is 9.40 Å². The molecule has 0 atom stereocenters. The average molecular weight is 382 g/mol. The van der Waals surface area contributed by atoms with Crippen LogP contribution in [-0.4, -0.2) is 54.7 Å². The number of nitrogens with zero attached hydrogens (tertiary/aromatic N) is 3. The van der Waals surface area contributed by atoms with E-state index in [1.54, 1.807) is 10.7 Å². The molecule has 0 saturated carbocycles. The molecule has 1 N–H and O–H groups in total. The Kier molecular flexibility index (Phi) is 5.35. The van der Waals surface area contributed by atoms with Crippen LogP contribution in [-0.2, 0) is 21.3 Å². The van der Waals surface area contributed by atoms with Gasteiger partial charge in [0, 0.05) is 31.3 Å². The van der Waals surface area contributed by atoms with Gasteiger partial charge in [-0.05, 0) is 25.1 Å². The maximum atomic E-state index is 14.2. The highest BCUT2D eigenvalue weighted by Gasteiger charge is 2.29. The molecule has 0 aliphatic carbocycles. The third-order valence-corrected chi connectivity index (χ3v) is 5.95. The van der Waals surface area contributed by atoms with E-state index >= 15 is 0 Å². The number of hydrogen-bond donors (Lipinski definition) is 1. The number of sulfonamides is 1. The van der Waals surface area contributed by atoms with Crippen LogP contribution >= 0.6 is 0 Å². The van der Waals surface area contributed by atoms with Crippen molar-refractivity contribution in [2.75, 3.05) is 31.6 Å². The second-order valence-electron chi connectivity index (χ2n) is 5.65. The molecule has 2 heterocycles. The van der Waals surface area contributed by atoms with E-state index in [1.807, 2.05) is 6.92 Å². The molecule has 0 unspecified atom stereocenters. The summed E-state index contributed by atoms with van der Waals surface area (Å²) in [6.07, 6.45) is 1.54. The molecule has 1 aromatic heterocycles. The Morgan fingerprint density at radius 3 is 2.73 bits per heavy atom. The lowest BCUT2D eigenvalue weighted by Gasteiger charge is -2.26. The fourth-order valence-corrected chi connectivity index (χ4v) is 4.15. The fourth-order valence-electron chi connectivity index (χ4n) is 2.65. The highest BCUT2D eigenvalue weighted by molar-refractivity contribution is 7.89. The van der Waals surface area contributed by atoms with Gasteiger partial charge >= 0.3 is 0 Å². The molecule has 0 radical (unpaired) electrons. The second-order valence-corrected chi connectivity index (χ2v) is 7.55. The van der Waals surface area contributed by atoms with Crippen LogP contribution < -0.4 is 5.32 Å². The van der Waals surface area contributed by atoms with Crippen molar-refractivity contribution < 1.29 is 22.3 Å². The third-order valence-electron chi connectivity index (χ3n) is 4.04.